The van der Waals surface area contributed by atoms with Crippen LogP contribution in [0.5, 0.6) is 0 Å². The maximum atomic E-state index is 3.09. The molecule has 0 fully saturated rings. The molecule has 1 N–H and O–H groups in total. The Morgan fingerprint density at radius 2 is 1.89 bits per heavy atom. The molecule has 0 spiro atoms. The summed E-state index contributed by atoms with van der Waals surface area (Å²) in [6.07, 6.45) is 4.65. The molecule has 0 rings (SSSR count). The first-order valence-corrected chi connectivity index (χ1v) is 3.67. The molecule has 1 heteroatoms. The molecule has 0 aliphatic rings. The molecular formula is C8H17N. The molecule has 0 aliphatic carbocycles. The fraction of sp³-hybridized carbons (Fsp3) is 0.750. The maximum Gasteiger partial charge on any atom is 0.0134 e. The van der Waals surface area contributed by atoms with E-state index in [1.807, 2.05) is 7.05 Å². The number of rotatable bonds is 4. The molecule has 0 atom stereocenters. The molecule has 0 heterocycles. The Kier molecular flexibility index (Phi) is 5.64. The molecule has 0 aromatic heterocycles. The van der Waals surface area contributed by atoms with E-state index in [2.05, 4.69) is 25.2 Å². The molecule has 0 aliphatic heterocycles. The summed E-state index contributed by atoms with van der Waals surface area (Å²) < 4.78 is 0. The second kappa shape index (κ2) is 5.83. The van der Waals surface area contributed by atoms with Crippen molar-refractivity contribution in [2.75, 3.05) is 13.6 Å². The van der Waals surface area contributed by atoms with Gasteiger partial charge in [0.25, 0.3) is 0 Å². The zero-order valence-electron chi connectivity index (χ0n) is 6.70. The van der Waals surface area contributed by atoms with Gasteiger partial charge in [-0.15, -0.1) is 0 Å². The minimum absolute atomic E-state index is 1.01. The van der Waals surface area contributed by atoms with Crippen LogP contribution in [0.2, 0.25) is 0 Å². The summed E-state index contributed by atoms with van der Waals surface area (Å²) in [5.74, 6) is 0. The van der Waals surface area contributed by atoms with Crippen LogP contribution in [0.3, 0.4) is 0 Å². The van der Waals surface area contributed by atoms with Crippen LogP contribution in [-0.2, 0) is 0 Å². The molecule has 0 amide bonds. The van der Waals surface area contributed by atoms with Crippen molar-refractivity contribution in [3.63, 3.8) is 0 Å². The highest BCUT2D eigenvalue weighted by molar-refractivity contribution is 5.00. The van der Waals surface area contributed by atoms with E-state index in [9.17, 15) is 0 Å². The topological polar surface area (TPSA) is 12.0 Å². The molecule has 9 heavy (non-hydrogen) atoms. The highest BCUT2D eigenvalue weighted by atomic mass is 14.8. The van der Waals surface area contributed by atoms with Gasteiger partial charge in [-0.3, -0.25) is 0 Å². The summed E-state index contributed by atoms with van der Waals surface area (Å²) in [6, 6.07) is 0. The number of hydrogen-bond acceptors (Lipinski definition) is 1. The number of nitrogens with one attached hydrogen (secondary N) is 1. The van der Waals surface area contributed by atoms with E-state index in [0.29, 0.717) is 0 Å². The Labute approximate surface area is 58.2 Å². The molecular weight excluding hydrogens is 110 g/mol. The van der Waals surface area contributed by atoms with Crippen LogP contribution in [0.4, 0.5) is 0 Å². The van der Waals surface area contributed by atoms with Crippen LogP contribution in [0, 0.1) is 0 Å². The van der Waals surface area contributed by atoms with E-state index in [1.165, 1.54) is 12.8 Å². The smallest absolute Gasteiger partial charge is 0.0134 e. The first kappa shape index (κ1) is 8.70. The van der Waals surface area contributed by atoms with Gasteiger partial charge in [-0.05, 0) is 19.9 Å². The molecule has 0 bridgehead atoms. The second-order valence-electron chi connectivity index (χ2n) is 2.13. The van der Waals surface area contributed by atoms with Crippen LogP contribution in [0.15, 0.2) is 11.6 Å². The molecule has 0 unspecified atom stereocenters. The summed E-state index contributed by atoms with van der Waals surface area (Å²) in [5, 5.41) is 3.09. The Bertz CT molecular complexity index is 78.6. The lowest BCUT2D eigenvalue weighted by atomic mass is 10.1. The molecule has 0 aromatic carbocycles. The first-order chi connectivity index (χ1) is 4.35. The Morgan fingerprint density at radius 3 is 2.22 bits per heavy atom. The summed E-state index contributed by atoms with van der Waals surface area (Å²) in [5.41, 5.74) is 1.55. The van der Waals surface area contributed by atoms with Gasteiger partial charge in [0, 0.05) is 6.54 Å². The van der Waals surface area contributed by atoms with Gasteiger partial charge in [-0.2, -0.15) is 0 Å². The highest BCUT2D eigenvalue weighted by Gasteiger charge is 1.85. The van der Waals surface area contributed by atoms with Gasteiger partial charge < -0.3 is 5.32 Å². The van der Waals surface area contributed by atoms with Crippen molar-refractivity contribution < 1.29 is 0 Å². The average Bonchev–Trinajstić information content (AvgIpc) is 1.91. The number of allylic oxidation sites excluding steroid dienone is 1. The van der Waals surface area contributed by atoms with Gasteiger partial charge in [0.05, 0.1) is 0 Å². The Hall–Kier alpha value is -0.300. The summed E-state index contributed by atoms with van der Waals surface area (Å²) in [7, 11) is 1.97. The van der Waals surface area contributed by atoms with Crippen LogP contribution < -0.4 is 5.32 Å². The van der Waals surface area contributed by atoms with Crippen molar-refractivity contribution in [2.45, 2.75) is 26.7 Å². The summed E-state index contributed by atoms with van der Waals surface area (Å²) >= 11 is 0. The minimum Gasteiger partial charge on any atom is -0.316 e. The van der Waals surface area contributed by atoms with E-state index < -0.39 is 0 Å². The molecule has 1 nitrogen and oxygen atoms in total. The molecule has 0 radical (unpaired) electrons. The van der Waals surface area contributed by atoms with Crippen LogP contribution in [-0.4, -0.2) is 13.6 Å². The van der Waals surface area contributed by atoms with Crippen LogP contribution >= 0.6 is 0 Å². The third kappa shape index (κ3) is 4.22. The number of hydrogen-bond donors (Lipinski definition) is 1. The van der Waals surface area contributed by atoms with Gasteiger partial charge in [0.1, 0.15) is 0 Å². The predicted molar refractivity (Wildman–Crippen MR) is 42.6 cm³/mol. The minimum atomic E-state index is 1.01. The van der Waals surface area contributed by atoms with E-state index >= 15 is 0 Å². The number of likely N-dealkylation sites (N-methyl/N-ethyl adjacent to an activating group) is 1. The third-order valence-electron chi connectivity index (χ3n) is 1.50. The van der Waals surface area contributed by atoms with Crippen molar-refractivity contribution in [1.29, 1.82) is 0 Å². The van der Waals surface area contributed by atoms with Gasteiger partial charge in [-0.1, -0.05) is 25.5 Å². The first-order valence-electron chi connectivity index (χ1n) is 3.67. The fourth-order valence-electron chi connectivity index (χ4n) is 0.785. The lowest BCUT2D eigenvalue weighted by Crippen LogP contribution is -2.04. The summed E-state index contributed by atoms with van der Waals surface area (Å²) in [4.78, 5) is 0. The Morgan fingerprint density at radius 1 is 1.33 bits per heavy atom. The van der Waals surface area contributed by atoms with Gasteiger partial charge >= 0.3 is 0 Å². The van der Waals surface area contributed by atoms with E-state index in [0.717, 1.165) is 6.54 Å². The average molecular weight is 127 g/mol. The van der Waals surface area contributed by atoms with E-state index in [4.69, 9.17) is 0 Å². The van der Waals surface area contributed by atoms with Crippen LogP contribution in [0.25, 0.3) is 0 Å². The van der Waals surface area contributed by atoms with E-state index in [1.54, 1.807) is 5.57 Å². The molecule has 0 saturated heterocycles. The lowest BCUT2D eigenvalue weighted by Gasteiger charge is -1.98. The molecule has 0 aromatic rings. The fourth-order valence-corrected chi connectivity index (χ4v) is 0.785. The van der Waals surface area contributed by atoms with Crippen molar-refractivity contribution in [3.05, 3.63) is 11.6 Å². The maximum absolute atomic E-state index is 3.09. The zero-order valence-corrected chi connectivity index (χ0v) is 6.70. The van der Waals surface area contributed by atoms with Gasteiger partial charge in [-0.25, -0.2) is 0 Å². The van der Waals surface area contributed by atoms with Gasteiger partial charge in [0.2, 0.25) is 0 Å². The second-order valence-corrected chi connectivity index (χ2v) is 2.13. The van der Waals surface area contributed by atoms with E-state index in [-0.39, 0.29) is 0 Å². The molecule has 0 saturated carbocycles. The van der Waals surface area contributed by atoms with Crippen molar-refractivity contribution in [3.8, 4) is 0 Å². The van der Waals surface area contributed by atoms with Crippen molar-refractivity contribution in [2.24, 2.45) is 0 Å². The summed E-state index contributed by atoms with van der Waals surface area (Å²) in [6.45, 7) is 5.41. The SMILES string of the molecule is CCC(=CCNC)CC. The monoisotopic (exact) mass is 127 g/mol. The standard InChI is InChI=1S/C8H17N/c1-4-8(5-2)6-7-9-3/h6,9H,4-5,7H2,1-3H3. The van der Waals surface area contributed by atoms with Crippen molar-refractivity contribution >= 4 is 0 Å². The van der Waals surface area contributed by atoms with Crippen LogP contribution in [0.1, 0.15) is 26.7 Å². The Balaban J connectivity index is 3.48. The third-order valence-corrected chi connectivity index (χ3v) is 1.50. The zero-order chi connectivity index (χ0) is 7.11. The molecule has 54 valence electrons. The predicted octanol–water partition coefficient (Wildman–Crippen LogP) is 1.95. The van der Waals surface area contributed by atoms with Crippen molar-refractivity contribution in [1.82, 2.24) is 5.32 Å². The van der Waals surface area contributed by atoms with Gasteiger partial charge in [0.15, 0.2) is 0 Å². The largest absolute Gasteiger partial charge is 0.316 e. The highest BCUT2D eigenvalue weighted by Crippen LogP contribution is 2.03. The lowest BCUT2D eigenvalue weighted by molar-refractivity contribution is 0.884. The quantitative estimate of drug-likeness (QED) is 0.569. The normalized spacial score (nSPS) is 9.22.